The fourth-order valence-electron chi connectivity index (χ4n) is 3.07. The molecule has 1 N–H and O–H groups in total. The molecule has 1 aliphatic heterocycles. The van der Waals surface area contributed by atoms with Crippen molar-refractivity contribution in [3.63, 3.8) is 0 Å². The van der Waals surface area contributed by atoms with Crippen molar-refractivity contribution in [2.45, 2.75) is 26.7 Å². The molecule has 2 amide bonds. The number of non-ortho nitro benzene ring substituents is 1. The number of anilines is 1. The second kappa shape index (κ2) is 8.63. The molecule has 0 bridgehead atoms. The Hall–Kier alpha value is -2.15. The molecule has 0 aromatic heterocycles. The summed E-state index contributed by atoms with van der Waals surface area (Å²) in [5, 5.41) is 13.5. The zero-order valence-corrected chi connectivity index (χ0v) is 14.4. The number of nitrogens with one attached hydrogen (secondary N) is 1. The number of carbonyl (C=O) groups is 1. The SMILES string of the molecule is CCN(CC)CC1CCN(C(=O)Nc2cccc([N+](=O)[O-])c2)CC1. The van der Waals surface area contributed by atoms with Gasteiger partial charge in [-0.2, -0.15) is 0 Å². The van der Waals surface area contributed by atoms with Gasteiger partial charge in [0.1, 0.15) is 0 Å². The highest BCUT2D eigenvalue weighted by molar-refractivity contribution is 5.89. The summed E-state index contributed by atoms with van der Waals surface area (Å²) in [7, 11) is 0. The molecule has 1 aliphatic rings. The van der Waals surface area contributed by atoms with E-state index >= 15 is 0 Å². The van der Waals surface area contributed by atoms with Crippen molar-refractivity contribution in [2.24, 2.45) is 5.92 Å². The van der Waals surface area contributed by atoms with E-state index in [2.05, 4.69) is 24.1 Å². The standard InChI is InChI=1S/C17H26N4O3/c1-3-19(4-2)13-14-8-10-20(11-9-14)17(22)18-15-6-5-7-16(12-15)21(23)24/h5-7,12,14H,3-4,8-11,13H2,1-2H3,(H,18,22). The number of nitro groups is 1. The van der Waals surface area contributed by atoms with Crippen LogP contribution >= 0.6 is 0 Å². The van der Waals surface area contributed by atoms with Crippen LogP contribution in [-0.2, 0) is 0 Å². The summed E-state index contributed by atoms with van der Waals surface area (Å²) in [6.45, 7) is 9.01. The molecule has 24 heavy (non-hydrogen) atoms. The van der Waals surface area contributed by atoms with Crippen LogP contribution in [0.3, 0.4) is 0 Å². The molecule has 1 aromatic carbocycles. The van der Waals surface area contributed by atoms with Gasteiger partial charge < -0.3 is 15.1 Å². The third-order valence-electron chi connectivity index (χ3n) is 4.62. The van der Waals surface area contributed by atoms with Crippen molar-refractivity contribution in [3.05, 3.63) is 34.4 Å². The van der Waals surface area contributed by atoms with E-state index in [1.807, 2.05) is 0 Å². The largest absolute Gasteiger partial charge is 0.325 e. The van der Waals surface area contributed by atoms with E-state index in [1.165, 1.54) is 12.1 Å². The van der Waals surface area contributed by atoms with Crippen LogP contribution < -0.4 is 5.32 Å². The van der Waals surface area contributed by atoms with Gasteiger partial charge in [-0.15, -0.1) is 0 Å². The smallest absolute Gasteiger partial charge is 0.321 e. The molecule has 0 spiro atoms. The molecule has 0 atom stereocenters. The van der Waals surface area contributed by atoms with Crippen LogP contribution in [0.25, 0.3) is 0 Å². The van der Waals surface area contributed by atoms with Crippen molar-refractivity contribution in [3.8, 4) is 0 Å². The van der Waals surface area contributed by atoms with E-state index in [9.17, 15) is 14.9 Å². The van der Waals surface area contributed by atoms with E-state index in [0.29, 0.717) is 11.6 Å². The van der Waals surface area contributed by atoms with Gasteiger partial charge in [-0.25, -0.2) is 4.79 Å². The molecule has 7 nitrogen and oxygen atoms in total. The van der Waals surface area contributed by atoms with Gasteiger partial charge in [0, 0.05) is 37.5 Å². The molecule has 132 valence electrons. The Bertz CT molecular complexity index is 567. The predicted octanol–water partition coefficient (Wildman–Crippen LogP) is 3.18. The Morgan fingerprint density at radius 1 is 1.33 bits per heavy atom. The quantitative estimate of drug-likeness (QED) is 0.640. The number of rotatable bonds is 6. The van der Waals surface area contributed by atoms with Gasteiger partial charge >= 0.3 is 6.03 Å². The van der Waals surface area contributed by atoms with Crippen LogP contribution in [0.2, 0.25) is 0 Å². The summed E-state index contributed by atoms with van der Waals surface area (Å²) in [4.78, 5) is 26.9. The normalized spacial score (nSPS) is 15.5. The zero-order chi connectivity index (χ0) is 17.5. The lowest BCUT2D eigenvalue weighted by molar-refractivity contribution is -0.384. The Balaban J connectivity index is 1.84. The number of hydrogen-bond acceptors (Lipinski definition) is 4. The fraction of sp³-hybridized carbons (Fsp3) is 0.588. The number of nitro benzene ring substituents is 1. The van der Waals surface area contributed by atoms with E-state index in [4.69, 9.17) is 0 Å². The Kier molecular flexibility index (Phi) is 6.54. The second-order valence-electron chi connectivity index (χ2n) is 6.15. The lowest BCUT2D eigenvalue weighted by Gasteiger charge is -2.34. The van der Waals surface area contributed by atoms with Crippen LogP contribution in [0.15, 0.2) is 24.3 Å². The van der Waals surface area contributed by atoms with Crippen LogP contribution in [0, 0.1) is 16.0 Å². The minimum Gasteiger partial charge on any atom is -0.325 e. The van der Waals surface area contributed by atoms with E-state index in [-0.39, 0.29) is 11.7 Å². The first kappa shape index (κ1) is 18.2. The number of urea groups is 1. The fourth-order valence-corrected chi connectivity index (χ4v) is 3.07. The molecule has 1 aromatic rings. The van der Waals surface area contributed by atoms with Crippen molar-refractivity contribution < 1.29 is 9.72 Å². The summed E-state index contributed by atoms with van der Waals surface area (Å²) in [5.74, 6) is 0.631. The average Bonchev–Trinajstić information content (AvgIpc) is 2.60. The summed E-state index contributed by atoms with van der Waals surface area (Å²) >= 11 is 0. The lowest BCUT2D eigenvalue weighted by atomic mass is 9.96. The van der Waals surface area contributed by atoms with Crippen molar-refractivity contribution >= 4 is 17.4 Å². The van der Waals surface area contributed by atoms with Crippen molar-refractivity contribution in [2.75, 3.05) is 38.0 Å². The van der Waals surface area contributed by atoms with Gasteiger partial charge in [0.25, 0.3) is 5.69 Å². The third-order valence-corrected chi connectivity index (χ3v) is 4.62. The summed E-state index contributed by atoms with van der Waals surface area (Å²) < 4.78 is 0. The van der Waals surface area contributed by atoms with Gasteiger partial charge in [0.05, 0.1) is 4.92 Å². The van der Waals surface area contributed by atoms with Crippen molar-refractivity contribution in [1.29, 1.82) is 0 Å². The van der Waals surface area contributed by atoms with Gasteiger partial charge in [0.2, 0.25) is 0 Å². The van der Waals surface area contributed by atoms with E-state index in [0.717, 1.165) is 45.6 Å². The third kappa shape index (κ3) is 4.92. The molecule has 0 aliphatic carbocycles. The maximum atomic E-state index is 12.3. The number of hydrogen-bond donors (Lipinski definition) is 1. The van der Waals surface area contributed by atoms with Gasteiger partial charge in [-0.3, -0.25) is 10.1 Å². The highest BCUT2D eigenvalue weighted by atomic mass is 16.6. The summed E-state index contributed by atoms with van der Waals surface area (Å²) in [6.07, 6.45) is 2.00. The molecule has 0 unspecified atom stereocenters. The van der Waals surface area contributed by atoms with Gasteiger partial charge in [-0.05, 0) is 37.9 Å². The highest BCUT2D eigenvalue weighted by Crippen LogP contribution is 2.21. The van der Waals surface area contributed by atoms with Crippen LogP contribution in [-0.4, -0.2) is 53.5 Å². The average molecular weight is 334 g/mol. The number of amides is 2. The number of nitrogens with zero attached hydrogens (tertiary/aromatic N) is 3. The number of piperidine rings is 1. The minimum absolute atomic E-state index is 0.0225. The van der Waals surface area contributed by atoms with Gasteiger partial charge in [0.15, 0.2) is 0 Å². The number of benzene rings is 1. The van der Waals surface area contributed by atoms with Crippen LogP contribution in [0.4, 0.5) is 16.2 Å². The first-order valence-electron chi connectivity index (χ1n) is 8.56. The van der Waals surface area contributed by atoms with E-state index < -0.39 is 4.92 Å². The molecular weight excluding hydrogens is 308 g/mol. The molecule has 0 saturated carbocycles. The zero-order valence-electron chi connectivity index (χ0n) is 14.4. The molecule has 0 radical (unpaired) electrons. The van der Waals surface area contributed by atoms with E-state index in [1.54, 1.807) is 17.0 Å². The molecule has 1 fully saturated rings. The molecular formula is C17H26N4O3. The van der Waals surface area contributed by atoms with Crippen molar-refractivity contribution in [1.82, 2.24) is 9.80 Å². The molecule has 7 heteroatoms. The topological polar surface area (TPSA) is 78.7 Å². The number of carbonyl (C=O) groups excluding carboxylic acids is 1. The lowest BCUT2D eigenvalue weighted by Crippen LogP contribution is -2.43. The highest BCUT2D eigenvalue weighted by Gasteiger charge is 2.24. The summed E-state index contributed by atoms with van der Waals surface area (Å²) in [5.41, 5.74) is 0.435. The first-order chi connectivity index (χ1) is 11.5. The molecule has 1 heterocycles. The molecule has 2 rings (SSSR count). The Morgan fingerprint density at radius 3 is 2.58 bits per heavy atom. The van der Waals surface area contributed by atoms with Crippen LogP contribution in [0.1, 0.15) is 26.7 Å². The minimum atomic E-state index is -0.464. The monoisotopic (exact) mass is 334 g/mol. The maximum absolute atomic E-state index is 12.3. The van der Waals surface area contributed by atoms with Gasteiger partial charge in [-0.1, -0.05) is 19.9 Å². The molecule has 1 saturated heterocycles. The van der Waals surface area contributed by atoms with Crippen LogP contribution in [0.5, 0.6) is 0 Å². The predicted molar refractivity (Wildman–Crippen MR) is 94.2 cm³/mol. The number of likely N-dealkylation sites (tertiary alicyclic amines) is 1. The second-order valence-corrected chi connectivity index (χ2v) is 6.15. The first-order valence-corrected chi connectivity index (χ1v) is 8.56. The Labute approximate surface area is 142 Å². The maximum Gasteiger partial charge on any atom is 0.321 e. The summed E-state index contributed by atoms with van der Waals surface area (Å²) in [6, 6.07) is 5.85. The Morgan fingerprint density at radius 2 is 2.00 bits per heavy atom.